The molecule has 0 radical (unpaired) electrons. The van der Waals surface area contributed by atoms with Crippen LogP contribution in [-0.4, -0.2) is 30.2 Å². The molecule has 0 aliphatic rings. The van der Waals surface area contributed by atoms with Crippen molar-refractivity contribution in [1.82, 2.24) is 4.98 Å². The highest BCUT2D eigenvalue weighted by Crippen LogP contribution is 2.10. The van der Waals surface area contributed by atoms with Gasteiger partial charge in [-0.3, -0.25) is 0 Å². The predicted octanol–water partition coefficient (Wildman–Crippen LogP) is 0.230. The largest absolute Gasteiger partial charge is 0.338 e. The molecule has 0 aliphatic heterocycles. The summed E-state index contributed by atoms with van der Waals surface area (Å²) < 4.78 is 0. The fourth-order valence-electron chi connectivity index (χ4n) is 1.44. The van der Waals surface area contributed by atoms with E-state index in [0.29, 0.717) is 6.04 Å². The SMILES string of the molecule is CC(N)CC[Si](C)(C)NC(C)[SiH3]. The summed E-state index contributed by atoms with van der Waals surface area (Å²) in [5.41, 5.74) is 6.48. The lowest BCUT2D eigenvalue weighted by molar-refractivity contribution is 0.697. The van der Waals surface area contributed by atoms with Crippen molar-refractivity contribution < 1.29 is 0 Å². The van der Waals surface area contributed by atoms with Crippen molar-refractivity contribution in [2.75, 3.05) is 0 Å². The van der Waals surface area contributed by atoms with Crippen molar-refractivity contribution in [3.05, 3.63) is 0 Å². The zero-order valence-corrected chi connectivity index (χ0v) is 12.1. The number of rotatable bonds is 5. The molecular weight excluding hydrogens is 180 g/mol. The molecule has 0 aromatic rings. The molecule has 0 aromatic carbocycles. The molecule has 0 saturated carbocycles. The van der Waals surface area contributed by atoms with E-state index in [1.165, 1.54) is 22.7 Å². The molecule has 0 aromatic heterocycles. The van der Waals surface area contributed by atoms with Gasteiger partial charge in [0.05, 0.1) is 0 Å². The maximum atomic E-state index is 5.73. The second kappa shape index (κ2) is 5.16. The Morgan fingerprint density at radius 2 is 1.92 bits per heavy atom. The van der Waals surface area contributed by atoms with E-state index >= 15 is 0 Å². The molecule has 74 valence electrons. The standard InChI is InChI=1S/C8H24N2Si2/c1-7(9)5-6-12(3,4)10-8(2)11/h7-8,10H,5-6,9H2,1-4,11H3. The maximum absolute atomic E-state index is 5.73. The van der Waals surface area contributed by atoms with Crippen LogP contribution in [-0.2, 0) is 0 Å². The summed E-state index contributed by atoms with van der Waals surface area (Å²) >= 11 is 0. The third-order valence-corrected chi connectivity index (χ3v) is 5.67. The van der Waals surface area contributed by atoms with Crippen LogP contribution in [0.5, 0.6) is 0 Å². The van der Waals surface area contributed by atoms with Crippen molar-refractivity contribution in [3.63, 3.8) is 0 Å². The van der Waals surface area contributed by atoms with E-state index in [-0.39, 0.29) is 0 Å². The Hall–Kier alpha value is 0.354. The van der Waals surface area contributed by atoms with Crippen LogP contribution in [0.25, 0.3) is 0 Å². The quantitative estimate of drug-likeness (QED) is 0.629. The van der Waals surface area contributed by atoms with Crippen molar-refractivity contribution in [2.45, 2.75) is 51.1 Å². The minimum Gasteiger partial charge on any atom is -0.338 e. The summed E-state index contributed by atoms with van der Waals surface area (Å²) in [6.07, 6.45) is 1.17. The van der Waals surface area contributed by atoms with Crippen molar-refractivity contribution in [3.8, 4) is 0 Å². The fourth-order valence-corrected chi connectivity index (χ4v) is 6.67. The number of nitrogens with one attached hydrogen (secondary N) is 1. The van der Waals surface area contributed by atoms with Gasteiger partial charge in [-0.1, -0.05) is 20.0 Å². The van der Waals surface area contributed by atoms with E-state index in [2.05, 4.69) is 31.9 Å². The van der Waals surface area contributed by atoms with Gasteiger partial charge in [0.1, 0.15) is 8.24 Å². The van der Waals surface area contributed by atoms with Gasteiger partial charge in [0.15, 0.2) is 0 Å². The van der Waals surface area contributed by atoms with Crippen LogP contribution in [0.4, 0.5) is 0 Å². The number of nitrogens with two attached hydrogens (primary N) is 1. The van der Waals surface area contributed by atoms with Crippen LogP contribution >= 0.6 is 0 Å². The maximum Gasteiger partial charge on any atom is 0.119 e. The van der Waals surface area contributed by atoms with E-state index in [9.17, 15) is 0 Å². The first kappa shape index (κ1) is 12.4. The van der Waals surface area contributed by atoms with Gasteiger partial charge in [0.2, 0.25) is 0 Å². The lowest BCUT2D eigenvalue weighted by atomic mass is 10.3. The predicted molar refractivity (Wildman–Crippen MR) is 63.1 cm³/mol. The zero-order chi connectivity index (χ0) is 9.78. The zero-order valence-electron chi connectivity index (χ0n) is 9.15. The molecule has 4 heteroatoms. The molecular formula is C8H24N2Si2. The molecule has 2 unspecified atom stereocenters. The van der Waals surface area contributed by atoms with Crippen LogP contribution in [0.15, 0.2) is 0 Å². The first-order valence-electron chi connectivity index (χ1n) is 4.87. The first-order valence-corrected chi connectivity index (χ1v) is 9.23. The summed E-state index contributed by atoms with van der Waals surface area (Å²) in [6.45, 7) is 9.15. The number of hydrogen-bond acceptors (Lipinski definition) is 2. The van der Waals surface area contributed by atoms with Crippen LogP contribution in [0, 0.1) is 0 Å². The third-order valence-electron chi connectivity index (χ3n) is 1.90. The molecule has 0 rings (SSSR count). The van der Waals surface area contributed by atoms with E-state index in [0.717, 1.165) is 5.67 Å². The van der Waals surface area contributed by atoms with Crippen molar-refractivity contribution in [2.24, 2.45) is 5.73 Å². The van der Waals surface area contributed by atoms with Gasteiger partial charge >= 0.3 is 0 Å². The molecule has 3 N–H and O–H groups in total. The van der Waals surface area contributed by atoms with Gasteiger partial charge in [-0.15, -0.1) is 0 Å². The molecule has 2 nitrogen and oxygen atoms in total. The highest BCUT2D eigenvalue weighted by molar-refractivity contribution is 6.75. The molecule has 0 saturated heterocycles. The van der Waals surface area contributed by atoms with E-state index in [1.807, 2.05) is 0 Å². The highest BCUT2D eigenvalue weighted by Gasteiger charge is 2.21. The molecule has 2 atom stereocenters. The smallest absolute Gasteiger partial charge is 0.119 e. The second-order valence-electron chi connectivity index (χ2n) is 4.70. The molecule has 0 heterocycles. The molecule has 0 bridgehead atoms. The highest BCUT2D eigenvalue weighted by atomic mass is 28.3. The van der Waals surface area contributed by atoms with Crippen molar-refractivity contribution >= 4 is 18.5 Å². The third kappa shape index (κ3) is 7.03. The van der Waals surface area contributed by atoms with Crippen LogP contribution in [0.2, 0.25) is 19.1 Å². The minimum absolute atomic E-state index is 0.364. The van der Waals surface area contributed by atoms with Crippen LogP contribution < -0.4 is 10.7 Å². The van der Waals surface area contributed by atoms with Crippen LogP contribution in [0.3, 0.4) is 0 Å². The monoisotopic (exact) mass is 204 g/mol. The van der Waals surface area contributed by atoms with Crippen molar-refractivity contribution in [1.29, 1.82) is 0 Å². The minimum atomic E-state index is -1.12. The average Bonchev–Trinajstić information content (AvgIpc) is 1.81. The normalized spacial score (nSPS) is 17.8. The Morgan fingerprint density at radius 3 is 2.25 bits per heavy atom. The lowest BCUT2D eigenvalue weighted by Gasteiger charge is -2.27. The van der Waals surface area contributed by atoms with Gasteiger partial charge in [0.25, 0.3) is 0 Å². The van der Waals surface area contributed by atoms with Gasteiger partial charge < -0.3 is 10.7 Å². The topological polar surface area (TPSA) is 38.0 Å². The molecule has 12 heavy (non-hydrogen) atoms. The summed E-state index contributed by atoms with van der Waals surface area (Å²) in [4.78, 5) is 3.72. The summed E-state index contributed by atoms with van der Waals surface area (Å²) in [5, 5.41) is 0. The van der Waals surface area contributed by atoms with E-state index in [4.69, 9.17) is 5.73 Å². The van der Waals surface area contributed by atoms with Gasteiger partial charge in [-0.25, -0.2) is 0 Å². The summed E-state index contributed by atoms with van der Waals surface area (Å²) in [6, 6.07) is 1.67. The lowest BCUT2D eigenvalue weighted by Crippen LogP contribution is -2.49. The fraction of sp³-hybridized carbons (Fsp3) is 1.00. The van der Waals surface area contributed by atoms with Gasteiger partial charge in [-0.05, 0) is 25.1 Å². The number of hydrogen-bond donors (Lipinski definition) is 2. The Morgan fingerprint density at radius 1 is 1.42 bits per heavy atom. The summed E-state index contributed by atoms with van der Waals surface area (Å²) in [5.74, 6) is 0. The average molecular weight is 204 g/mol. The second-order valence-corrected chi connectivity index (χ2v) is 11.0. The van der Waals surface area contributed by atoms with E-state index < -0.39 is 8.24 Å². The Labute approximate surface area is 80.8 Å². The molecule has 0 amide bonds. The summed E-state index contributed by atoms with van der Waals surface area (Å²) in [7, 11) is 0.121. The Kier molecular flexibility index (Phi) is 5.32. The molecule has 0 aliphatic carbocycles. The Balaban J connectivity index is 3.71. The van der Waals surface area contributed by atoms with E-state index in [1.54, 1.807) is 0 Å². The van der Waals surface area contributed by atoms with Gasteiger partial charge in [0, 0.05) is 16.3 Å². The first-order chi connectivity index (χ1) is 5.33. The Bertz CT molecular complexity index is 124. The molecule has 0 fully saturated rings. The molecule has 0 spiro atoms. The van der Waals surface area contributed by atoms with Gasteiger partial charge in [-0.2, -0.15) is 0 Å². The van der Waals surface area contributed by atoms with Crippen LogP contribution in [0.1, 0.15) is 20.3 Å².